The normalized spacial score (nSPS) is 12.4. The van der Waals surface area contributed by atoms with Crippen molar-refractivity contribution in [2.45, 2.75) is 11.1 Å². The highest BCUT2D eigenvalue weighted by Gasteiger charge is 2.31. The molecule has 1 heterocycles. The average molecular weight is 326 g/mol. The minimum atomic E-state index is -4.60. The second kappa shape index (κ2) is 4.98. The molecule has 0 radical (unpaired) electrons. The summed E-state index contributed by atoms with van der Waals surface area (Å²) in [5.74, 6) is 0. The number of alkyl halides is 3. The van der Waals surface area contributed by atoms with E-state index in [4.69, 9.17) is 11.6 Å². The molecule has 20 heavy (non-hydrogen) atoms. The Morgan fingerprint density at radius 3 is 2.55 bits per heavy atom. The number of halogens is 4. The fourth-order valence-electron chi connectivity index (χ4n) is 1.37. The van der Waals surface area contributed by atoms with E-state index in [0.29, 0.717) is 6.07 Å². The van der Waals surface area contributed by atoms with Gasteiger partial charge in [0.1, 0.15) is 4.90 Å². The smallest absolute Gasteiger partial charge is 0.284 e. The molecule has 2 rings (SSSR count). The third-order valence-electron chi connectivity index (χ3n) is 2.32. The monoisotopic (exact) mass is 325 g/mol. The average Bonchev–Trinajstić information content (AvgIpc) is 2.84. The van der Waals surface area contributed by atoms with Gasteiger partial charge in [-0.1, -0.05) is 11.6 Å². The summed E-state index contributed by atoms with van der Waals surface area (Å²) in [6.07, 6.45) is -2.49. The van der Waals surface area contributed by atoms with E-state index >= 15 is 0 Å². The lowest BCUT2D eigenvalue weighted by Crippen LogP contribution is -2.14. The molecule has 0 saturated carbocycles. The van der Waals surface area contributed by atoms with E-state index in [1.54, 1.807) is 0 Å². The summed E-state index contributed by atoms with van der Waals surface area (Å²) in [6, 6.07) is 2.36. The molecule has 2 aromatic rings. The number of hydrogen-bond acceptors (Lipinski definition) is 3. The van der Waals surface area contributed by atoms with E-state index in [1.807, 2.05) is 4.72 Å². The molecule has 1 aromatic heterocycles. The number of aromatic nitrogens is 2. The van der Waals surface area contributed by atoms with E-state index in [1.165, 1.54) is 0 Å². The standard InChI is InChI=1S/C10H7ClF3N3O2S/c11-8-2-1-6(10(12,13)14)3-9(8)17-20(18,19)7-4-15-16-5-7/h1-5,17H,(H,15,16). The van der Waals surface area contributed by atoms with Gasteiger partial charge < -0.3 is 0 Å². The number of sulfonamides is 1. The van der Waals surface area contributed by atoms with Gasteiger partial charge in [-0.25, -0.2) is 8.42 Å². The SMILES string of the molecule is O=S(=O)(Nc1cc(C(F)(F)F)ccc1Cl)c1cn[nH]c1. The fourth-order valence-corrected chi connectivity index (χ4v) is 2.57. The molecule has 0 fully saturated rings. The van der Waals surface area contributed by atoms with Gasteiger partial charge in [-0.2, -0.15) is 18.3 Å². The molecule has 5 nitrogen and oxygen atoms in total. The number of anilines is 1. The van der Waals surface area contributed by atoms with Crippen molar-refractivity contribution in [1.82, 2.24) is 10.2 Å². The van der Waals surface area contributed by atoms with Crippen molar-refractivity contribution in [1.29, 1.82) is 0 Å². The third-order valence-corrected chi connectivity index (χ3v) is 3.98. The lowest BCUT2D eigenvalue weighted by atomic mass is 10.2. The predicted octanol–water partition coefficient (Wildman–Crippen LogP) is 2.88. The molecule has 0 saturated heterocycles. The first kappa shape index (κ1) is 14.7. The topological polar surface area (TPSA) is 74.8 Å². The fraction of sp³-hybridized carbons (Fsp3) is 0.100. The Kier molecular flexibility index (Phi) is 3.65. The van der Waals surface area contributed by atoms with Gasteiger partial charge in [0.25, 0.3) is 10.0 Å². The molecular formula is C10H7ClF3N3O2S. The van der Waals surface area contributed by atoms with Crippen LogP contribution in [0.2, 0.25) is 5.02 Å². The van der Waals surface area contributed by atoms with Crippen molar-refractivity contribution in [2.24, 2.45) is 0 Å². The third kappa shape index (κ3) is 3.05. The Bertz CT molecular complexity index is 714. The van der Waals surface area contributed by atoms with E-state index in [9.17, 15) is 21.6 Å². The van der Waals surface area contributed by atoms with Gasteiger partial charge in [-0.3, -0.25) is 9.82 Å². The lowest BCUT2D eigenvalue weighted by Gasteiger charge is -2.12. The Balaban J connectivity index is 2.39. The summed E-state index contributed by atoms with van der Waals surface area (Å²) in [5.41, 5.74) is -1.37. The maximum Gasteiger partial charge on any atom is 0.416 e. The first-order chi connectivity index (χ1) is 9.20. The second-order valence-corrected chi connectivity index (χ2v) is 5.82. The Hall–Kier alpha value is -1.74. The molecule has 0 unspecified atom stereocenters. The zero-order valence-corrected chi connectivity index (χ0v) is 11.1. The van der Waals surface area contributed by atoms with E-state index < -0.39 is 21.8 Å². The van der Waals surface area contributed by atoms with Gasteiger partial charge >= 0.3 is 6.18 Å². The summed E-state index contributed by atoms with van der Waals surface area (Å²) >= 11 is 5.70. The van der Waals surface area contributed by atoms with Gasteiger partial charge in [0, 0.05) is 6.20 Å². The van der Waals surface area contributed by atoms with Crippen LogP contribution in [-0.2, 0) is 16.2 Å². The van der Waals surface area contributed by atoms with Crippen molar-refractivity contribution in [2.75, 3.05) is 4.72 Å². The molecule has 0 atom stereocenters. The number of nitrogens with zero attached hydrogens (tertiary/aromatic N) is 1. The Labute approximate surface area is 116 Å². The van der Waals surface area contributed by atoms with Gasteiger partial charge in [0.2, 0.25) is 0 Å². The van der Waals surface area contributed by atoms with E-state index in [0.717, 1.165) is 24.5 Å². The highest BCUT2D eigenvalue weighted by Crippen LogP contribution is 2.34. The van der Waals surface area contributed by atoms with Crippen molar-refractivity contribution < 1.29 is 21.6 Å². The summed E-state index contributed by atoms with van der Waals surface area (Å²) < 4.78 is 63.4. The molecular weight excluding hydrogens is 319 g/mol. The maximum atomic E-state index is 12.6. The largest absolute Gasteiger partial charge is 0.416 e. The number of rotatable bonds is 3. The number of aromatic amines is 1. The van der Waals surface area contributed by atoms with Crippen LogP contribution < -0.4 is 4.72 Å². The maximum absolute atomic E-state index is 12.6. The van der Waals surface area contributed by atoms with Gasteiger partial charge in [0.05, 0.1) is 22.5 Å². The predicted molar refractivity (Wildman–Crippen MR) is 65.9 cm³/mol. The summed E-state index contributed by atoms with van der Waals surface area (Å²) in [5, 5.41) is 5.59. The van der Waals surface area contributed by atoms with Crippen molar-refractivity contribution in [3.05, 3.63) is 41.2 Å². The summed E-state index contributed by atoms with van der Waals surface area (Å²) in [7, 11) is -4.05. The van der Waals surface area contributed by atoms with Gasteiger partial charge in [-0.05, 0) is 18.2 Å². The zero-order valence-electron chi connectivity index (χ0n) is 9.57. The summed E-state index contributed by atoms with van der Waals surface area (Å²) in [6.45, 7) is 0. The molecule has 2 N–H and O–H groups in total. The minimum absolute atomic E-state index is 0.148. The van der Waals surface area contributed by atoms with Crippen LogP contribution in [0.1, 0.15) is 5.56 Å². The second-order valence-electron chi connectivity index (χ2n) is 3.73. The Morgan fingerprint density at radius 1 is 1.30 bits per heavy atom. The number of nitrogens with one attached hydrogen (secondary N) is 2. The van der Waals surface area contributed by atoms with Crippen LogP contribution in [0.5, 0.6) is 0 Å². The Morgan fingerprint density at radius 2 is 2.00 bits per heavy atom. The lowest BCUT2D eigenvalue weighted by molar-refractivity contribution is -0.137. The number of benzene rings is 1. The summed E-state index contributed by atoms with van der Waals surface area (Å²) in [4.78, 5) is -0.217. The van der Waals surface area contributed by atoms with Gasteiger partial charge in [0.15, 0.2) is 0 Å². The van der Waals surface area contributed by atoms with Crippen LogP contribution in [0.15, 0.2) is 35.5 Å². The van der Waals surface area contributed by atoms with Crippen LogP contribution in [0, 0.1) is 0 Å². The molecule has 0 aliphatic heterocycles. The highest BCUT2D eigenvalue weighted by atomic mass is 35.5. The molecule has 1 aromatic carbocycles. The molecule has 0 aliphatic rings. The number of hydrogen-bond donors (Lipinski definition) is 2. The molecule has 0 amide bonds. The molecule has 10 heteroatoms. The molecule has 0 bridgehead atoms. The highest BCUT2D eigenvalue weighted by molar-refractivity contribution is 7.92. The minimum Gasteiger partial charge on any atom is -0.284 e. The van der Waals surface area contributed by atoms with Crippen LogP contribution >= 0.6 is 11.6 Å². The van der Waals surface area contributed by atoms with Crippen LogP contribution in [-0.4, -0.2) is 18.6 Å². The van der Waals surface area contributed by atoms with Crippen LogP contribution in [0.3, 0.4) is 0 Å². The van der Waals surface area contributed by atoms with Crippen LogP contribution in [0.4, 0.5) is 18.9 Å². The van der Waals surface area contributed by atoms with Crippen molar-refractivity contribution >= 4 is 27.3 Å². The zero-order chi connectivity index (χ0) is 15.0. The van der Waals surface area contributed by atoms with Crippen molar-refractivity contribution in [3.8, 4) is 0 Å². The molecule has 0 aliphatic carbocycles. The first-order valence-electron chi connectivity index (χ1n) is 5.08. The first-order valence-corrected chi connectivity index (χ1v) is 6.94. The molecule has 108 valence electrons. The molecule has 0 spiro atoms. The quantitative estimate of drug-likeness (QED) is 0.911. The van der Waals surface area contributed by atoms with Crippen molar-refractivity contribution in [3.63, 3.8) is 0 Å². The number of H-pyrrole nitrogens is 1. The van der Waals surface area contributed by atoms with E-state index in [-0.39, 0.29) is 15.6 Å². The van der Waals surface area contributed by atoms with Gasteiger partial charge in [-0.15, -0.1) is 0 Å². The van der Waals surface area contributed by atoms with Crippen LogP contribution in [0.25, 0.3) is 0 Å². The van der Waals surface area contributed by atoms with E-state index in [2.05, 4.69) is 10.2 Å².